The molecule has 2 aromatic rings. The van der Waals surface area contributed by atoms with Crippen LogP contribution in [0.2, 0.25) is 0 Å². The Morgan fingerprint density at radius 1 is 1.00 bits per heavy atom. The van der Waals surface area contributed by atoms with Crippen LogP contribution in [-0.4, -0.2) is 34.5 Å². The van der Waals surface area contributed by atoms with Crippen molar-refractivity contribution in [3.8, 4) is 0 Å². The van der Waals surface area contributed by atoms with Crippen LogP contribution in [0.3, 0.4) is 0 Å². The Balaban J connectivity index is 1.97. The van der Waals surface area contributed by atoms with Gasteiger partial charge in [-0.3, -0.25) is 9.10 Å². The molecule has 3 rings (SSSR count). The Bertz CT molecular complexity index is 863. The molecule has 0 saturated heterocycles. The third kappa shape index (κ3) is 2.94. The highest BCUT2D eigenvalue weighted by Crippen LogP contribution is 2.35. The van der Waals surface area contributed by atoms with Crippen molar-refractivity contribution in [2.45, 2.75) is 11.8 Å². The van der Waals surface area contributed by atoms with Crippen LogP contribution >= 0.6 is 0 Å². The zero-order valence-corrected chi connectivity index (χ0v) is 14.4. The van der Waals surface area contributed by atoms with E-state index in [4.69, 9.17) is 0 Å². The first kappa shape index (κ1) is 16.3. The molecule has 1 N–H and O–H groups in total. The van der Waals surface area contributed by atoms with Gasteiger partial charge >= 0.3 is 0 Å². The molecule has 1 heterocycles. The maximum Gasteiger partial charge on any atom is 0.264 e. The summed E-state index contributed by atoms with van der Waals surface area (Å²) in [6.45, 7) is 2.43. The summed E-state index contributed by atoms with van der Waals surface area (Å²) in [7, 11) is -1.70. The molecule has 2 aromatic carbocycles. The van der Waals surface area contributed by atoms with Gasteiger partial charge in [0.1, 0.15) is 0 Å². The Kier molecular flexibility index (Phi) is 4.19. The van der Waals surface area contributed by atoms with E-state index in [2.05, 4.69) is 5.32 Å². The van der Waals surface area contributed by atoms with Crippen LogP contribution in [-0.2, 0) is 14.8 Å². The van der Waals surface area contributed by atoms with E-state index < -0.39 is 10.0 Å². The molecule has 0 bridgehead atoms. The summed E-state index contributed by atoms with van der Waals surface area (Å²) in [5.41, 5.74) is 2.14. The molecule has 7 heteroatoms. The summed E-state index contributed by atoms with van der Waals surface area (Å²) in [6.07, 6.45) is 0. The fraction of sp³-hybridized carbons (Fsp3) is 0.235. The number of carbonyl (C=O) groups excluding carboxylic acids is 1. The number of likely N-dealkylation sites (N-methyl/N-ethyl adjacent to an activating group) is 1. The van der Waals surface area contributed by atoms with E-state index in [0.29, 0.717) is 24.5 Å². The molecule has 0 radical (unpaired) electrons. The summed E-state index contributed by atoms with van der Waals surface area (Å²) >= 11 is 0. The number of hydrogen-bond donors (Lipinski definition) is 1. The van der Waals surface area contributed by atoms with Crippen molar-refractivity contribution in [3.05, 3.63) is 48.5 Å². The zero-order chi connectivity index (χ0) is 17.3. The SMILES string of the molecule is CC(=O)Nc1ccc(S(=O)(=O)N2CCN(C)c3ccccc32)cc1. The maximum absolute atomic E-state index is 13.0. The lowest BCUT2D eigenvalue weighted by molar-refractivity contribution is -0.114. The molecule has 0 saturated carbocycles. The molecule has 0 fully saturated rings. The van der Waals surface area contributed by atoms with Gasteiger partial charge in [-0.1, -0.05) is 12.1 Å². The summed E-state index contributed by atoms with van der Waals surface area (Å²) in [5.74, 6) is -0.196. The van der Waals surface area contributed by atoms with Crippen molar-refractivity contribution in [1.82, 2.24) is 0 Å². The van der Waals surface area contributed by atoms with Crippen LogP contribution in [0.4, 0.5) is 17.1 Å². The molecule has 0 aromatic heterocycles. The fourth-order valence-corrected chi connectivity index (χ4v) is 4.24. The van der Waals surface area contributed by atoms with Crippen molar-refractivity contribution >= 4 is 33.0 Å². The van der Waals surface area contributed by atoms with Crippen LogP contribution in [0.1, 0.15) is 6.92 Å². The normalized spacial score (nSPS) is 14.2. The van der Waals surface area contributed by atoms with E-state index >= 15 is 0 Å². The predicted octanol–water partition coefficient (Wildman–Crippen LogP) is 2.29. The molecule has 0 atom stereocenters. The number of amides is 1. The highest BCUT2D eigenvalue weighted by atomic mass is 32.2. The number of nitrogens with one attached hydrogen (secondary N) is 1. The second kappa shape index (κ2) is 6.16. The molecule has 0 aliphatic carbocycles. The van der Waals surface area contributed by atoms with Gasteiger partial charge in [0.15, 0.2) is 0 Å². The van der Waals surface area contributed by atoms with E-state index in [0.717, 1.165) is 5.69 Å². The third-order valence-electron chi connectivity index (χ3n) is 3.96. The first-order valence-electron chi connectivity index (χ1n) is 7.60. The van der Waals surface area contributed by atoms with Crippen molar-refractivity contribution in [1.29, 1.82) is 0 Å². The zero-order valence-electron chi connectivity index (χ0n) is 13.6. The van der Waals surface area contributed by atoms with E-state index in [1.807, 2.05) is 36.2 Å². The summed E-state index contributed by atoms with van der Waals surface area (Å²) in [5, 5.41) is 2.63. The average Bonchev–Trinajstić information content (AvgIpc) is 2.55. The second-order valence-electron chi connectivity index (χ2n) is 5.69. The Morgan fingerprint density at radius 2 is 1.62 bits per heavy atom. The molecule has 1 aliphatic rings. The van der Waals surface area contributed by atoms with Crippen molar-refractivity contribution < 1.29 is 13.2 Å². The van der Waals surface area contributed by atoms with Crippen molar-refractivity contribution in [2.75, 3.05) is 34.7 Å². The smallest absolute Gasteiger partial charge is 0.264 e. The van der Waals surface area contributed by atoms with E-state index in [9.17, 15) is 13.2 Å². The van der Waals surface area contributed by atoms with Crippen LogP contribution < -0.4 is 14.5 Å². The quantitative estimate of drug-likeness (QED) is 0.927. The first-order valence-corrected chi connectivity index (χ1v) is 9.04. The Hall–Kier alpha value is -2.54. The second-order valence-corrected chi connectivity index (χ2v) is 7.56. The van der Waals surface area contributed by atoms with Gasteiger partial charge in [0.25, 0.3) is 10.0 Å². The molecule has 1 amide bonds. The van der Waals surface area contributed by atoms with Crippen LogP contribution in [0, 0.1) is 0 Å². The predicted molar refractivity (Wildman–Crippen MR) is 95.0 cm³/mol. The number of carbonyl (C=O) groups is 1. The lowest BCUT2D eigenvalue weighted by atomic mass is 10.2. The van der Waals surface area contributed by atoms with Crippen LogP contribution in [0.25, 0.3) is 0 Å². The number of benzene rings is 2. The number of anilines is 3. The van der Waals surface area contributed by atoms with Crippen LogP contribution in [0.5, 0.6) is 0 Å². The minimum atomic E-state index is -3.65. The van der Waals surface area contributed by atoms with Gasteiger partial charge in [0, 0.05) is 26.2 Å². The average molecular weight is 345 g/mol. The maximum atomic E-state index is 13.0. The number of para-hydroxylation sites is 2. The van der Waals surface area contributed by atoms with E-state index in [1.54, 1.807) is 12.1 Å². The number of rotatable bonds is 3. The molecule has 0 spiro atoms. The van der Waals surface area contributed by atoms with Gasteiger partial charge in [-0.25, -0.2) is 8.42 Å². The summed E-state index contributed by atoms with van der Waals surface area (Å²) in [4.78, 5) is 13.3. The topological polar surface area (TPSA) is 69.7 Å². The van der Waals surface area contributed by atoms with E-state index in [-0.39, 0.29) is 10.8 Å². The highest BCUT2D eigenvalue weighted by Gasteiger charge is 2.30. The Morgan fingerprint density at radius 3 is 2.25 bits per heavy atom. The molecule has 1 aliphatic heterocycles. The summed E-state index contributed by atoms with van der Waals surface area (Å²) < 4.78 is 27.5. The lowest BCUT2D eigenvalue weighted by Crippen LogP contribution is -2.42. The van der Waals surface area contributed by atoms with Gasteiger partial charge in [-0.15, -0.1) is 0 Å². The van der Waals surface area contributed by atoms with Gasteiger partial charge in [-0.2, -0.15) is 0 Å². The number of nitrogens with zero attached hydrogens (tertiary/aromatic N) is 2. The number of sulfonamides is 1. The molecule has 6 nitrogen and oxygen atoms in total. The van der Waals surface area contributed by atoms with Gasteiger partial charge in [0.2, 0.25) is 5.91 Å². The Labute approximate surface area is 141 Å². The van der Waals surface area contributed by atoms with Crippen LogP contribution in [0.15, 0.2) is 53.4 Å². The number of hydrogen-bond acceptors (Lipinski definition) is 4. The molecule has 0 unspecified atom stereocenters. The minimum Gasteiger partial charge on any atom is -0.371 e. The molecule has 24 heavy (non-hydrogen) atoms. The standard InChI is InChI=1S/C17H19N3O3S/c1-13(21)18-14-7-9-15(10-8-14)24(22,23)20-12-11-19(2)16-5-3-4-6-17(16)20/h3-10H,11-12H2,1-2H3,(H,18,21). The van der Waals surface area contributed by atoms with Gasteiger partial charge < -0.3 is 10.2 Å². The highest BCUT2D eigenvalue weighted by molar-refractivity contribution is 7.92. The molecular formula is C17H19N3O3S. The van der Waals surface area contributed by atoms with Gasteiger partial charge in [-0.05, 0) is 36.4 Å². The van der Waals surface area contributed by atoms with Crippen molar-refractivity contribution in [3.63, 3.8) is 0 Å². The van der Waals surface area contributed by atoms with E-state index in [1.165, 1.54) is 23.4 Å². The molecule has 126 valence electrons. The third-order valence-corrected chi connectivity index (χ3v) is 5.79. The number of fused-ring (bicyclic) bond motifs is 1. The molecular weight excluding hydrogens is 326 g/mol. The van der Waals surface area contributed by atoms with Crippen molar-refractivity contribution in [2.24, 2.45) is 0 Å². The lowest BCUT2D eigenvalue weighted by Gasteiger charge is -2.36. The largest absolute Gasteiger partial charge is 0.371 e. The fourth-order valence-electron chi connectivity index (χ4n) is 2.77. The summed E-state index contributed by atoms with van der Waals surface area (Å²) in [6, 6.07) is 13.7. The first-order chi connectivity index (χ1) is 11.4. The monoisotopic (exact) mass is 345 g/mol. The van der Waals surface area contributed by atoms with Gasteiger partial charge in [0.05, 0.1) is 22.8 Å². The minimum absolute atomic E-state index is 0.196.